The molecule has 1 aromatic heterocycles. The van der Waals surface area contributed by atoms with Gasteiger partial charge in [-0.2, -0.15) is 0 Å². The average Bonchev–Trinajstić information content (AvgIpc) is 2.73. The smallest absolute Gasteiger partial charge is 0.305 e. The third-order valence-electron chi connectivity index (χ3n) is 2.58. The number of hydrogen-bond acceptors (Lipinski definition) is 5. The first-order chi connectivity index (χ1) is 7.75. The van der Waals surface area contributed by atoms with Crippen LogP contribution in [0.1, 0.15) is 11.4 Å². The Morgan fingerprint density at radius 3 is 3.31 bits per heavy atom. The van der Waals surface area contributed by atoms with E-state index in [0.29, 0.717) is 13.2 Å². The molecule has 1 N–H and O–H groups in total. The van der Waals surface area contributed by atoms with Gasteiger partial charge in [0, 0.05) is 24.2 Å². The van der Waals surface area contributed by atoms with Gasteiger partial charge in [0.2, 0.25) is 0 Å². The van der Waals surface area contributed by atoms with Crippen LogP contribution >= 0.6 is 11.3 Å². The molecular weight excluding hydrogens is 228 g/mol. The zero-order valence-electron chi connectivity index (χ0n) is 8.83. The molecule has 0 aromatic carbocycles. The minimum absolute atomic E-state index is 0.0323. The van der Waals surface area contributed by atoms with Crippen molar-refractivity contribution >= 4 is 17.3 Å². The largest absolute Gasteiger partial charge is 0.481 e. The number of ether oxygens (including phenoxy) is 1. The van der Waals surface area contributed by atoms with Gasteiger partial charge in [-0.3, -0.25) is 9.69 Å². The Balaban J connectivity index is 1.96. The molecule has 1 saturated heterocycles. The molecule has 0 radical (unpaired) electrons. The van der Waals surface area contributed by atoms with E-state index in [1.807, 2.05) is 5.38 Å². The lowest BCUT2D eigenvalue weighted by molar-refractivity contribution is -0.140. The molecule has 1 aliphatic rings. The van der Waals surface area contributed by atoms with E-state index in [2.05, 4.69) is 9.88 Å². The van der Waals surface area contributed by atoms with Crippen molar-refractivity contribution in [1.29, 1.82) is 0 Å². The Hall–Kier alpha value is -0.980. The fourth-order valence-corrected chi connectivity index (χ4v) is 2.43. The molecule has 0 saturated carbocycles. The van der Waals surface area contributed by atoms with Crippen molar-refractivity contribution in [3.63, 3.8) is 0 Å². The summed E-state index contributed by atoms with van der Waals surface area (Å²) in [6, 6.07) is -0.0323. The normalized spacial score (nSPS) is 22.1. The summed E-state index contributed by atoms with van der Waals surface area (Å²) >= 11 is 1.60. The van der Waals surface area contributed by atoms with Gasteiger partial charge in [-0.15, -0.1) is 11.3 Å². The van der Waals surface area contributed by atoms with E-state index < -0.39 is 5.97 Å². The van der Waals surface area contributed by atoms with Crippen molar-refractivity contribution in [1.82, 2.24) is 9.88 Å². The average molecular weight is 242 g/mol. The molecule has 1 fully saturated rings. The molecule has 1 atom stereocenters. The Morgan fingerprint density at radius 1 is 1.75 bits per heavy atom. The van der Waals surface area contributed by atoms with E-state index in [1.165, 1.54) is 0 Å². The SMILES string of the molecule is O=C(O)CC1COCCN1Cc1nccs1. The topological polar surface area (TPSA) is 62.7 Å². The number of nitrogens with zero attached hydrogens (tertiary/aromatic N) is 2. The molecule has 88 valence electrons. The van der Waals surface area contributed by atoms with Crippen LogP contribution < -0.4 is 0 Å². The Labute approximate surface area is 97.7 Å². The van der Waals surface area contributed by atoms with Gasteiger partial charge in [0.25, 0.3) is 0 Å². The van der Waals surface area contributed by atoms with E-state index in [1.54, 1.807) is 17.5 Å². The summed E-state index contributed by atoms with van der Waals surface area (Å²) in [5.74, 6) is -0.778. The number of morpholine rings is 1. The highest BCUT2D eigenvalue weighted by Gasteiger charge is 2.25. The highest BCUT2D eigenvalue weighted by atomic mass is 32.1. The summed E-state index contributed by atoms with van der Waals surface area (Å²) < 4.78 is 5.31. The monoisotopic (exact) mass is 242 g/mol. The van der Waals surface area contributed by atoms with Gasteiger partial charge < -0.3 is 9.84 Å². The van der Waals surface area contributed by atoms with Crippen LogP contribution in [0, 0.1) is 0 Å². The van der Waals surface area contributed by atoms with Crippen molar-refractivity contribution in [3.8, 4) is 0 Å². The van der Waals surface area contributed by atoms with E-state index >= 15 is 0 Å². The number of carboxylic acid groups (broad SMARTS) is 1. The quantitative estimate of drug-likeness (QED) is 0.847. The number of hydrogen-bond donors (Lipinski definition) is 1. The molecule has 2 heterocycles. The lowest BCUT2D eigenvalue weighted by Crippen LogP contribution is -2.45. The van der Waals surface area contributed by atoms with Crippen molar-refractivity contribution in [2.24, 2.45) is 0 Å². The van der Waals surface area contributed by atoms with Crippen LogP contribution in [0.15, 0.2) is 11.6 Å². The number of aliphatic carboxylic acids is 1. The second-order valence-electron chi connectivity index (χ2n) is 3.72. The minimum atomic E-state index is -0.778. The van der Waals surface area contributed by atoms with Crippen LogP contribution in [0.5, 0.6) is 0 Å². The molecule has 16 heavy (non-hydrogen) atoms. The number of aromatic nitrogens is 1. The van der Waals surface area contributed by atoms with Crippen LogP contribution in [0.3, 0.4) is 0 Å². The first kappa shape index (κ1) is 11.5. The molecule has 5 nitrogen and oxygen atoms in total. The van der Waals surface area contributed by atoms with Gasteiger partial charge in [0.05, 0.1) is 26.2 Å². The highest BCUT2D eigenvalue weighted by molar-refractivity contribution is 7.09. The highest BCUT2D eigenvalue weighted by Crippen LogP contribution is 2.16. The summed E-state index contributed by atoms with van der Waals surface area (Å²) in [6.07, 6.45) is 1.90. The Morgan fingerprint density at radius 2 is 2.62 bits per heavy atom. The maximum Gasteiger partial charge on any atom is 0.305 e. The third kappa shape index (κ3) is 3.01. The van der Waals surface area contributed by atoms with Crippen LogP contribution in [-0.2, 0) is 16.1 Å². The molecule has 1 unspecified atom stereocenters. The number of thiazole rings is 1. The minimum Gasteiger partial charge on any atom is -0.481 e. The molecule has 1 aromatic rings. The molecule has 0 spiro atoms. The number of carboxylic acids is 1. The van der Waals surface area contributed by atoms with Crippen LogP contribution in [0.4, 0.5) is 0 Å². The predicted octanol–water partition coefficient (Wildman–Crippen LogP) is 0.819. The molecular formula is C10H14N2O3S. The number of carbonyl (C=O) groups is 1. The lowest BCUT2D eigenvalue weighted by Gasteiger charge is -2.34. The lowest BCUT2D eigenvalue weighted by atomic mass is 10.1. The zero-order valence-corrected chi connectivity index (χ0v) is 9.65. The summed E-state index contributed by atoms with van der Waals surface area (Å²) in [7, 11) is 0. The maximum atomic E-state index is 10.7. The van der Waals surface area contributed by atoms with Crippen molar-refractivity contribution in [2.45, 2.75) is 19.0 Å². The van der Waals surface area contributed by atoms with Crippen molar-refractivity contribution in [3.05, 3.63) is 16.6 Å². The molecule has 0 amide bonds. The fraction of sp³-hybridized carbons (Fsp3) is 0.600. The van der Waals surface area contributed by atoms with Gasteiger partial charge >= 0.3 is 5.97 Å². The van der Waals surface area contributed by atoms with E-state index in [4.69, 9.17) is 9.84 Å². The fourth-order valence-electron chi connectivity index (χ4n) is 1.79. The predicted molar refractivity (Wildman–Crippen MR) is 59.4 cm³/mol. The second kappa shape index (κ2) is 5.38. The summed E-state index contributed by atoms with van der Waals surface area (Å²) in [6.45, 7) is 2.66. The first-order valence-electron chi connectivity index (χ1n) is 5.17. The molecule has 2 rings (SSSR count). The van der Waals surface area contributed by atoms with Gasteiger partial charge in [-0.25, -0.2) is 4.98 Å². The zero-order chi connectivity index (χ0) is 11.4. The molecule has 6 heteroatoms. The van der Waals surface area contributed by atoms with E-state index in [-0.39, 0.29) is 12.5 Å². The van der Waals surface area contributed by atoms with Gasteiger partial charge in [0.1, 0.15) is 5.01 Å². The Kier molecular flexibility index (Phi) is 3.87. The van der Waals surface area contributed by atoms with Gasteiger partial charge in [-0.05, 0) is 0 Å². The van der Waals surface area contributed by atoms with Gasteiger partial charge in [-0.1, -0.05) is 0 Å². The standard InChI is InChI=1S/C10H14N2O3S/c13-10(14)5-8-7-15-3-2-12(8)6-9-11-1-4-16-9/h1,4,8H,2-3,5-7H2,(H,13,14). The van der Waals surface area contributed by atoms with Crippen LogP contribution in [0.25, 0.3) is 0 Å². The summed E-state index contributed by atoms with van der Waals surface area (Å²) in [5.41, 5.74) is 0. The van der Waals surface area contributed by atoms with Gasteiger partial charge in [0.15, 0.2) is 0 Å². The molecule has 0 aliphatic carbocycles. The maximum absolute atomic E-state index is 10.7. The first-order valence-corrected chi connectivity index (χ1v) is 6.05. The summed E-state index contributed by atoms with van der Waals surface area (Å²) in [5, 5.41) is 11.8. The van der Waals surface area contributed by atoms with E-state index in [9.17, 15) is 4.79 Å². The van der Waals surface area contributed by atoms with Crippen molar-refractivity contribution in [2.75, 3.05) is 19.8 Å². The Bertz CT molecular complexity index is 342. The van der Waals surface area contributed by atoms with Crippen molar-refractivity contribution < 1.29 is 14.6 Å². The summed E-state index contributed by atoms with van der Waals surface area (Å²) in [4.78, 5) is 17.1. The second-order valence-corrected chi connectivity index (χ2v) is 4.70. The molecule has 0 bridgehead atoms. The van der Waals surface area contributed by atoms with Crippen LogP contribution in [0.2, 0.25) is 0 Å². The number of rotatable bonds is 4. The third-order valence-corrected chi connectivity index (χ3v) is 3.35. The molecule has 1 aliphatic heterocycles. The van der Waals surface area contributed by atoms with Crippen LogP contribution in [-0.4, -0.2) is 46.8 Å². The van der Waals surface area contributed by atoms with E-state index in [0.717, 1.165) is 18.1 Å².